The molecule has 2 heterocycles. The van der Waals surface area contributed by atoms with Gasteiger partial charge in [0.05, 0.1) is 13.7 Å². The summed E-state index contributed by atoms with van der Waals surface area (Å²) in [5.41, 5.74) is 0. The maximum absolute atomic E-state index is 12.2. The Morgan fingerprint density at radius 1 is 0.846 bits per heavy atom. The van der Waals surface area contributed by atoms with E-state index in [1.54, 1.807) is 4.68 Å². The molecular formula is C27H55N3O6Si3. The Labute approximate surface area is 240 Å². The van der Waals surface area contributed by atoms with Crippen LogP contribution in [0.3, 0.4) is 0 Å². The van der Waals surface area contributed by atoms with Gasteiger partial charge >= 0.3 is 5.97 Å². The molecule has 1 fully saturated rings. The first kappa shape index (κ1) is 34.3. The lowest BCUT2D eigenvalue weighted by Crippen LogP contribution is -2.54. The van der Waals surface area contributed by atoms with Crippen molar-refractivity contribution in [1.82, 2.24) is 14.8 Å². The van der Waals surface area contributed by atoms with Crippen molar-refractivity contribution in [1.29, 1.82) is 0 Å². The summed E-state index contributed by atoms with van der Waals surface area (Å²) in [5, 5.41) is 4.44. The molecule has 0 saturated carbocycles. The number of carbonyl (C=O) groups is 1. The molecular weight excluding hydrogens is 547 g/mol. The summed E-state index contributed by atoms with van der Waals surface area (Å²) >= 11 is 0. The fourth-order valence-electron chi connectivity index (χ4n) is 3.45. The minimum atomic E-state index is -2.28. The standard InChI is InChI=1S/C27H55N3O6Si3/c1-25(2,3)37(11,12)33-17-19-20(35-38(13,14)26(4,5)6)21(36-39(15,16)27(7,8)9)23(34-19)30-18-28-22(29-30)24(31)32-10/h18-21,23H,17H2,1-16H3/t19-,20+,21?,23-/m1/s1. The predicted molar refractivity (Wildman–Crippen MR) is 163 cm³/mol. The van der Waals surface area contributed by atoms with E-state index in [4.69, 9.17) is 22.8 Å². The van der Waals surface area contributed by atoms with Crippen LogP contribution in [-0.4, -0.2) is 77.7 Å². The molecule has 0 bridgehead atoms. The highest BCUT2D eigenvalue weighted by atomic mass is 28.4. The zero-order chi connectivity index (χ0) is 30.4. The molecule has 39 heavy (non-hydrogen) atoms. The van der Waals surface area contributed by atoms with Crippen LogP contribution < -0.4 is 0 Å². The summed E-state index contributed by atoms with van der Waals surface area (Å²) in [6.07, 6.45) is -0.327. The second-order valence-corrected chi connectivity index (χ2v) is 29.7. The van der Waals surface area contributed by atoms with Gasteiger partial charge in [0.2, 0.25) is 0 Å². The van der Waals surface area contributed by atoms with E-state index < -0.39 is 43.3 Å². The molecule has 4 atom stereocenters. The zero-order valence-corrected chi connectivity index (χ0v) is 30.4. The van der Waals surface area contributed by atoms with Crippen LogP contribution in [0.1, 0.15) is 79.2 Å². The van der Waals surface area contributed by atoms with Gasteiger partial charge in [0, 0.05) is 0 Å². The second kappa shape index (κ2) is 11.4. The van der Waals surface area contributed by atoms with Crippen molar-refractivity contribution in [3.05, 3.63) is 12.2 Å². The number of rotatable bonds is 9. The first-order chi connectivity index (χ1) is 17.3. The van der Waals surface area contributed by atoms with Gasteiger partial charge in [-0.05, 0) is 54.4 Å². The molecule has 1 aromatic heterocycles. The fourth-order valence-corrected chi connectivity index (χ4v) is 7.06. The average Bonchev–Trinajstić information content (AvgIpc) is 3.35. The summed E-state index contributed by atoms with van der Waals surface area (Å²) in [6, 6.07) is 0. The monoisotopic (exact) mass is 601 g/mol. The van der Waals surface area contributed by atoms with Crippen molar-refractivity contribution in [3.63, 3.8) is 0 Å². The number of hydrogen-bond acceptors (Lipinski definition) is 8. The van der Waals surface area contributed by atoms with Crippen LogP contribution in [0.5, 0.6) is 0 Å². The number of hydrogen-bond donors (Lipinski definition) is 0. The molecule has 0 N–H and O–H groups in total. The molecule has 9 nitrogen and oxygen atoms in total. The largest absolute Gasteiger partial charge is 0.463 e. The minimum absolute atomic E-state index is 0.0112. The van der Waals surface area contributed by atoms with Gasteiger partial charge in [-0.25, -0.2) is 14.5 Å². The topological polar surface area (TPSA) is 93.9 Å². The van der Waals surface area contributed by atoms with Gasteiger partial charge in [0.15, 0.2) is 31.2 Å². The van der Waals surface area contributed by atoms with E-state index in [-0.39, 0.29) is 33.1 Å². The van der Waals surface area contributed by atoms with Gasteiger partial charge in [-0.1, -0.05) is 62.3 Å². The van der Waals surface area contributed by atoms with Crippen LogP contribution in [0, 0.1) is 0 Å². The van der Waals surface area contributed by atoms with Crippen molar-refractivity contribution >= 4 is 30.9 Å². The molecule has 1 aromatic rings. The van der Waals surface area contributed by atoms with E-state index in [0.717, 1.165) is 0 Å². The van der Waals surface area contributed by atoms with E-state index in [1.165, 1.54) is 13.4 Å². The summed E-state index contributed by atoms with van der Waals surface area (Å²) < 4.78 is 34.0. The average molecular weight is 602 g/mol. The minimum Gasteiger partial charge on any atom is -0.463 e. The molecule has 0 amide bonds. The Bertz CT molecular complexity index is 992. The van der Waals surface area contributed by atoms with Crippen molar-refractivity contribution in [3.8, 4) is 0 Å². The second-order valence-electron chi connectivity index (χ2n) is 15.4. The van der Waals surface area contributed by atoms with Crippen LogP contribution in [-0.2, 0) is 22.8 Å². The highest BCUT2D eigenvalue weighted by Crippen LogP contribution is 2.46. The molecule has 1 aliphatic rings. The summed E-state index contributed by atoms with van der Waals surface area (Å²) in [4.78, 5) is 16.3. The van der Waals surface area contributed by atoms with Gasteiger partial charge < -0.3 is 22.8 Å². The molecule has 2 rings (SSSR count). The third kappa shape index (κ3) is 7.69. The van der Waals surface area contributed by atoms with Gasteiger partial charge in [-0.2, -0.15) is 0 Å². The maximum atomic E-state index is 12.2. The molecule has 0 spiro atoms. The Morgan fingerprint density at radius 3 is 1.74 bits per heavy atom. The Hall–Kier alpha value is -0.899. The van der Waals surface area contributed by atoms with Gasteiger partial charge in [-0.3, -0.25) is 0 Å². The molecule has 12 heteroatoms. The molecule has 0 aliphatic carbocycles. The predicted octanol–water partition coefficient (Wildman–Crippen LogP) is 6.76. The van der Waals surface area contributed by atoms with Crippen LogP contribution in [0.15, 0.2) is 6.33 Å². The first-order valence-corrected chi connectivity index (χ1v) is 22.7. The van der Waals surface area contributed by atoms with Gasteiger partial charge in [-0.15, -0.1) is 5.10 Å². The number of carbonyl (C=O) groups excluding carboxylic acids is 1. The zero-order valence-electron chi connectivity index (χ0n) is 27.4. The Kier molecular flexibility index (Phi) is 10.0. The van der Waals surface area contributed by atoms with E-state index in [9.17, 15) is 4.79 Å². The molecule has 226 valence electrons. The summed E-state index contributed by atoms with van der Waals surface area (Å²) in [6.45, 7) is 33.9. The molecule has 0 radical (unpaired) electrons. The third-order valence-electron chi connectivity index (χ3n) is 9.31. The van der Waals surface area contributed by atoms with Crippen molar-refractivity contribution in [2.45, 2.75) is 141 Å². The SMILES string of the molecule is COC(=O)c1ncn([C@@H]2O[C@H](CO[Si](C)(C)C(C)(C)C)[C@H](O[Si](C)(C)C(C)(C)C)C2O[Si](C)(C)C(C)(C)C)n1. The van der Waals surface area contributed by atoms with Gasteiger partial charge in [0.1, 0.15) is 24.6 Å². The Balaban J connectivity index is 2.61. The molecule has 0 aromatic carbocycles. The fraction of sp³-hybridized carbons (Fsp3) is 0.889. The number of esters is 1. The highest BCUT2D eigenvalue weighted by Gasteiger charge is 2.55. The van der Waals surface area contributed by atoms with Crippen molar-refractivity contribution in [2.24, 2.45) is 0 Å². The number of aromatic nitrogens is 3. The third-order valence-corrected chi connectivity index (χ3v) is 22.8. The van der Waals surface area contributed by atoms with Crippen molar-refractivity contribution in [2.75, 3.05) is 13.7 Å². The maximum Gasteiger partial charge on any atom is 0.377 e. The van der Waals surface area contributed by atoms with Crippen LogP contribution in [0.25, 0.3) is 0 Å². The lowest BCUT2D eigenvalue weighted by atomic mass is 10.1. The van der Waals surface area contributed by atoms with E-state index in [0.29, 0.717) is 6.61 Å². The molecule has 1 unspecified atom stereocenters. The molecule has 1 aliphatic heterocycles. The molecule has 1 saturated heterocycles. The normalized spacial score (nSPS) is 23.8. The van der Waals surface area contributed by atoms with Crippen LogP contribution in [0.4, 0.5) is 0 Å². The highest BCUT2D eigenvalue weighted by molar-refractivity contribution is 6.75. The number of methoxy groups -OCH3 is 1. The Morgan fingerprint density at radius 2 is 1.31 bits per heavy atom. The van der Waals surface area contributed by atoms with E-state index >= 15 is 0 Å². The summed E-state index contributed by atoms with van der Waals surface area (Å²) in [7, 11) is -5.27. The lowest BCUT2D eigenvalue weighted by Gasteiger charge is -2.44. The summed E-state index contributed by atoms with van der Waals surface area (Å²) in [5.74, 6) is -0.615. The lowest BCUT2D eigenvalue weighted by molar-refractivity contribution is -0.0549. The van der Waals surface area contributed by atoms with Gasteiger partial charge in [0.25, 0.3) is 5.82 Å². The first-order valence-electron chi connectivity index (χ1n) is 14.0. The van der Waals surface area contributed by atoms with Crippen LogP contribution >= 0.6 is 0 Å². The van der Waals surface area contributed by atoms with Crippen LogP contribution in [0.2, 0.25) is 54.4 Å². The van der Waals surface area contributed by atoms with Crippen molar-refractivity contribution < 1.29 is 27.5 Å². The quantitative estimate of drug-likeness (QED) is 0.226. The number of nitrogens with zero attached hydrogens (tertiary/aromatic N) is 3. The number of ether oxygens (including phenoxy) is 2. The van der Waals surface area contributed by atoms with E-state index in [2.05, 4.69) is 112 Å². The smallest absolute Gasteiger partial charge is 0.377 e. The van der Waals surface area contributed by atoms with E-state index in [1.807, 2.05) is 0 Å².